The molecule has 0 saturated carbocycles. The largest absolute Gasteiger partial charge is 0.372 e. The van der Waals surface area contributed by atoms with Gasteiger partial charge in [0.25, 0.3) is 0 Å². The van der Waals surface area contributed by atoms with Gasteiger partial charge < -0.3 is 9.80 Å². The zero-order valence-corrected chi connectivity index (χ0v) is 22.1. The predicted octanol–water partition coefficient (Wildman–Crippen LogP) is 6.65. The molecular weight excluding hydrogens is 456 g/mol. The van der Waals surface area contributed by atoms with Gasteiger partial charge >= 0.3 is 0 Å². The molecule has 0 aliphatic carbocycles. The fraction of sp³-hybridized carbons (Fsp3) is 0.290. The molecule has 0 saturated heterocycles. The highest BCUT2D eigenvalue weighted by Gasteiger charge is 2.13. The normalized spacial score (nSPS) is 13.7. The Balaban J connectivity index is 1.82. The smallest absolute Gasteiger partial charge is 0.177 e. The van der Waals surface area contributed by atoms with Gasteiger partial charge in [-0.3, -0.25) is 0 Å². The number of benzene rings is 2. The van der Waals surface area contributed by atoms with Gasteiger partial charge in [0.05, 0.1) is 0 Å². The van der Waals surface area contributed by atoms with Crippen molar-refractivity contribution in [1.82, 2.24) is 0 Å². The van der Waals surface area contributed by atoms with Crippen molar-refractivity contribution in [1.29, 1.82) is 10.5 Å². The van der Waals surface area contributed by atoms with Gasteiger partial charge in [-0.15, -0.1) is 0 Å². The highest BCUT2D eigenvalue weighted by molar-refractivity contribution is 6.16. The van der Waals surface area contributed by atoms with Crippen molar-refractivity contribution in [2.24, 2.45) is 9.98 Å². The molecule has 0 radical (unpaired) electrons. The summed E-state index contributed by atoms with van der Waals surface area (Å²) in [4.78, 5) is 13.5. The third-order valence-corrected chi connectivity index (χ3v) is 6.29. The van der Waals surface area contributed by atoms with Gasteiger partial charge in [-0.05, 0) is 75.2 Å². The van der Waals surface area contributed by atoms with Crippen LogP contribution in [0.25, 0.3) is 12.2 Å². The lowest BCUT2D eigenvalue weighted by molar-refractivity contribution is 0.866. The van der Waals surface area contributed by atoms with E-state index in [1.54, 1.807) is 0 Å². The molecule has 0 atom stereocenters. The molecule has 1 aliphatic rings. The molecule has 0 bridgehead atoms. The minimum absolute atomic E-state index is 0.0333. The number of rotatable bonds is 10. The van der Waals surface area contributed by atoms with Crippen molar-refractivity contribution in [3.63, 3.8) is 0 Å². The second-order valence-corrected chi connectivity index (χ2v) is 8.50. The van der Waals surface area contributed by atoms with Crippen LogP contribution in [0.15, 0.2) is 82.1 Å². The molecule has 2 aromatic rings. The van der Waals surface area contributed by atoms with E-state index in [2.05, 4.69) is 96.0 Å². The van der Waals surface area contributed by atoms with Crippen molar-refractivity contribution >= 4 is 35.0 Å². The van der Waals surface area contributed by atoms with Crippen molar-refractivity contribution in [3.05, 3.63) is 83.2 Å². The van der Waals surface area contributed by atoms with Crippen LogP contribution in [0.2, 0.25) is 0 Å². The Morgan fingerprint density at radius 3 is 1.27 bits per heavy atom. The standard InChI is InChI=1S/C31H34N6/c1-5-36(6-2)28-17-11-24(12-18-28)9-15-26-21-27(35-31(23-33)30(22-32)34-26)16-10-25-13-19-29(20-14-25)37(7-3)8-4/h9-20H,5-8,21H2,1-4H3/b15-9+,16-10+. The summed E-state index contributed by atoms with van der Waals surface area (Å²) >= 11 is 0. The van der Waals surface area contributed by atoms with E-state index in [0.29, 0.717) is 17.8 Å². The van der Waals surface area contributed by atoms with E-state index in [1.165, 1.54) is 11.4 Å². The van der Waals surface area contributed by atoms with Gasteiger partial charge in [0, 0.05) is 55.4 Å². The van der Waals surface area contributed by atoms with E-state index in [1.807, 2.05) is 36.4 Å². The van der Waals surface area contributed by atoms with Crippen LogP contribution in [-0.2, 0) is 0 Å². The molecule has 6 heteroatoms. The van der Waals surface area contributed by atoms with Crippen LogP contribution < -0.4 is 9.80 Å². The van der Waals surface area contributed by atoms with E-state index in [-0.39, 0.29) is 11.4 Å². The highest BCUT2D eigenvalue weighted by atomic mass is 15.1. The Morgan fingerprint density at radius 1 is 0.622 bits per heavy atom. The monoisotopic (exact) mass is 490 g/mol. The van der Waals surface area contributed by atoms with Gasteiger partial charge in [-0.25, -0.2) is 9.98 Å². The second kappa shape index (κ2) is 13.6. The van der Waals surface area contributed by atoms with Crippen LogP contribution in [0.3, 0.4) is 0 Å². The van der Waals surface area contributed by atoms with Crippen LogP contribution in [0.1, 0.15) is 45.2 Å². The van der Waals surface area contributed by atoms with E-state index in [9.17, 15) is 10.5 Å². The average Bonchev–Trinajstić information content (AvgIpc) is 3.12. The molecule has 37 heavy (non-hydrogen) atoms. The summed E-state index contributed by atoms with van der Waals surface area (Å²) in [6.07, 6.45) is 8.16. The summed E-state index contributed by atoms with van der Waals surface area (Å²) in [7, 11) is 0. The summed E-state index contributed by atoms with van der Waals surface area (Å²) in [5.74, 6) is 0. The zero-order chi connectivity index (χ0) is 26.6. The lowest BCUT2D eigenvalue weighted by atomic mass is 10.1. The summed E-state index contributed by atoms with van der Waals surface area (Å²) in [5, 5.41) is 19.1. The maximum atomic E-state index is 9.57. The molecule has 1 heterocycles. The quantitative estimate of drug-likeness (QED) is 0.373. The number of allylic oxidation sites excluding steroid dienone is 4. The van der Waals surface area contributed by atoms with Crippen LogP contribution in [0, 0.1) is 22.7 Å². The summed E-state index contributed by atoms with van der Waals surface area (Å²) in [6.45, 7) is 12.4. The Morgan fingerprint density at radius 2 is 0.973 bits per heavy atom. The average molecular weight is 491 g/mol. The van der Waals surface area contributed by atoms with Crippen LogP contribution in [-0.4, -0.2) is 37.6 Å². The highest BCUT2D eigenvalue weighted by Crippen LogP contribution is 2.19. The van der Waals surface area contributed by atoms with Gasteiger partial charge in [-0.1, -0.05) is 36.4 Å². The lowest BCUT2D eigenvalue weighted by Gasteiger charge is -2.20. The number of nitriles is 2. The number of anilines is 2. The molecule has 0 N–H and O–H groups in total. The van der Waals surface area contributed by atoms with Crippen LogP contribution >= 0.6 is 0 Å². The first-order valence-corrected chi connectivity index (χ1v) is 12.8. The van der Waals surface area contributed by atoms with Crippen LogP contribution in [0.4, 0.5) is 11.4 Å². The summed E-state index contributed by atoms with van der Waals surface area (Å²) in [5.41, 5.74) is 5.86. The minimum Gasteiger partial charge on any atom is -0.372 e. The van der Waals surface area contributed by atoms with Crippen LogP contribution in [0.5, 0.6) is 0 Å². The Kier molecular flexibility index (Phi) is 10.00. The molecule has 0 aromatic heterocycles. The molecule has 1 aliphatic heterocycles. The Labute approximate surface area is 220 Å². The van der Waals surface area contributed by atoms with Crippen molar-refractivity contribution in [3.8, 4) is 12.1 Å². The second-order valence-electron chi connectivity index (χ2n) is 8.50. The first-order chi connectivity index (χ1) is 18.0. The molecule has 0 spiro atoms. The lowest BCUT2D eigenvalue weighted by Crippen LogP contribution is -2.21. The maximum Gasteiger partial charge on any atom is 0.177 e. The summed E-state index contributed by atoms with van der Waals surface area (Å²) < 4.78 is 0. The van der Waals surface area contributed by atoms with E-state index < -0.39 is 0 Å². The van der Waals surface area contributed by atoms with E-state index >= 15 is 0 Å². The van der Waals surface area contributed by atoms with Gasteiger partial charge in [0.1, 0.15) is 12.1 Å². The van der Waals surface area contributed by atoms with Crippen molar-refractivity contribution in [2.45, 2.75) is 34.1 Å². The van der Waals surface area contributed by atoms with E-state index in [0.717, 1.165) is 37.3 Å². The van der Waals surface area contributed by atoms with Gasteiger partial charge in [0.2, 0.25) is 0 Å². The predicted molar refractivity (Wildman–Crippen MR) is 156 cm³/mol. The molecular formula is C31H34N6. The first-order valence-electron chi connectivity index (χ1n) is 12.8. The third kappa shape index (κ3) is 7.29. The van der Waals surface area contributed by atoms with E-state index in [4.69, 9.17) is 0 Å². The Bertz CT molecular complexity index is 1190. The van der Waals surface area contributed by atoms with Crippen molar-refractivity contribution < 1.29 is 0 Å². The molecule has 3 rings (SSSR count). The SMILES string of the molecule is CCN(CC)c1ccc(/C=C/C2=NC(C#N)=C(C#N)N=C(/C=C/c3ccc(N(CC)CC)cc3)C2)cc1. The molecule has 0 fully saturated rings. The fourth-order valence-electron chi connectivity index (χ4n) is 4.16. The number of hydrogen-bond donors (Lipinski definition) is 0. The number of nitrogens with zero attached hydrogens (tertiary/aromatic N) is 6. The maximum absolute atomic E-state index is 9.57. The topological polar surface area (TPSA) is 78.8 Å². The number of aliphatic imine (C=N–C) groups is 2. The fourth-order valence-corrected chi connectivity index (χ4v) is 4.16. The van der Waals surface area contributed by atoms with Crippen molar-refractivity contribution in [2.75, 3.05) is 36.0 Å². The molecule has 188 valence electrons. The molecule has 0 unspecified atom stereocenters. The molecule has 6 nitrogen and oxygen atoms in total. The number of hydrogen-bond acceptors (Lipinski definition) is 6. The molecule has 0 amide bonds. The Hall–Kier alpha value is -4.42. The van der Waals surface area contributed by atoms with Gasteiger partial charge in [0.15, 0.2) is 11.4 Å². The molecule has 2 aromatic carbocycles. The summed E-state index contributed by atoms with van der Waals surface area (Å²) in [6, 6.07) is 20.8. The zero-order valence-electron chi connectivity index (χ0n) is 22.1. The minimum atomic E-state index is 0.0333. The van der Waals surface area contributed by atoms with Gasteiger partial charge in [-0.2, -0.15) is 10.5 Å². The first kappa shape index (κ1) is 27.2. The third-order valence-electron chi connectivity index (χ3n) is 6.29.